The topological polar surface area (TPSA) is 46.5 Å². The second-order valence-corrected chi connectivity index (χ2v) is 8.10. The molecule has 0 radical (unpaired) electrons. The summed E-state index contributed by atoms with van der Waals surface area (Å²) in [6, 6.07) is 0. The van der Waals surface area contributed by atoms with Crippen LogP contribution in [0.3, 0.4) is 0 Å². The summed E-state index contributed by atoms with van der Waals surface area (Å²) in [5, 5.41) is 10.4. The van der Waals surface area contributed by atoms with Gasteiger partial charge in [0.05, 0.1) is 0 Å². The minimum Gasteiger partial charge on any atom is -0.457 e. The van der Waals surface area contributed by atoms with E-state index in [-0.39, 0.29) is 11.3 Å². The van der Waals surface area contributed by atoms with Crippen LogP contribution in [0.25, 0.3) is 0 Å². The van der Waals surface area contributed by atoms with Gasteiger partial charge in [-0.15, -0.1) is 0 Å². The minimum absolute atomic E-state index is 0.0281. The highest BCUT2D eigenvalue weighted by Crippen LogP contribution is 2.64. The maximum atomic E-state index is 11.9. The summed E-state index contributed by atoms with van der Waals surface area (Å²) >= 11 is 0. The molecule has 1 aliphatic heterocycles. The van der Waals surface area contributed by atoms with Crippen LogP contribution in [0.1, 0.15) is 59.8 Å². The average Bonchev–Trinajstić information content (AvgIpc) is 2.49. The van der Waals surface area contributed by atoms with Crippen molar-refractivity contribution in [2.24, 2.45) is 22.7 Å². The van der Waals surface area contributed by atoms with Crippen molar-refractivity contribution in [1.29, 1.82) is 0 Å². The number of carbonyl (C=O) groups is 1. The molecule has 0 bridgehead atoms. The van der Waals surface area contributed by atoms with Crippen LogP contribution in [0.5, 0.6) is 0 Å². The quantitative estimate of drug-likeness (QED) is 0.686. The van der Waals surface area contributed by atoms with Crippen LogP contribution in [-0.2, 0) is 9.53 Å². The number of hydrogen-bond acceptors (Lipinski definition) is 3. The van der Waals surface area contributed by atoms with E-state index in [1.165, 1.54) is 12.8 Å². The lowest BCUT2D eigenvalue weighted by Gasteiger charge is -2.59. The summed E-state index contributed by atoms with van der Waals surface area (Å²) in [6.07, 6.45) is 4.62. The fraction of sp³-hybridized carbons (Fsp3) is 0.938. The minimum atomic E-state index is -0.924. The zero-order valence-corrected chi connectivity index (χ0v) is 12.5. The lowest BCUT2D eigenvalue weighted by atomic mass is 9.45. The molecule has 19 heavy (non-hydrogen) atoms. The number of fused-ring (bicyclic) bond motifs is 3. The molecule has 108 valence electrons. The van der Waals surface area contributed by atoms with Crippen molar-refractivity contribution in [3.05, 3.63) is 0 Å². The van der Waals surface area contributed by atoms with Crippen molar-refractivity contribution in [3.8, 4) is 0 Å². The van der Waals surface area contributed by atoms with Gasteiger partial charge in [-0.2, -0.15) is 0 Å². The monoisotopic (exact) mass is 266 g/mol. The Bertz CT molecular complexity index is 416. The van der Waals surface area contributed by atoms with Crippen molar-refractivity contribution >= 4 is 5.97 Å². The van der Waals surface area contributed by atoms with E-state index in [0.29, 0.717) is 11.3 Å². The molecule has 3 heteroatoms. The average molecular weight is 266 g/mol. The summed E-state index contributed by atoms with van der Waals surface area (Å²) in [5.74, 6) is 0.138. The second kappa shape index (κ2) is 3.75. The number of rotatable bonds is 0. The molecule has 3 rings (SSSR count). The third-order valence-corrected chi connectivity index (χ3v) is 6.46. The van der Waals surface area contributed by atoms with Crippen molar-refractivity contribution < 1.29 is 14.6 Å². The predicted molar refractivity (Wildman–Crippen MR) is 72.5 cm³/mol. The normalized spacial score (nSPS) is 52.3. The molecule has 0 aromatic carbocycles. The highest BCUT2D eigenvalue weighted by molar-refractivity contribution is 5.78. The fourth-order valence-electron chi connectivity index (χ4n) is 5.78. The lowest BCUT2D eigenvalue weighted by Crippen LogP contribution is -2.58. The number of esters is 1. The number of carbonyl (C=O) groups excluding carboxylic acids is 1. The van der Waals surface area contributed by atoms with E-state index >= 15 is 0 Å². The van der Waals surface area contributed by atoms with Crippen LogP contribution >= 0.6 is 0 Å². The van der Waals surface area contributed by atoms with E-state index in [9.17, 15) is 9.90 Å². The molecule has 0 aromatic heterocycles. The maximum Gasteiger partial charge on any atom is 0.335 e. The van der Waals surface area contributed by atoms with E-state index < -0.39 is 17.7 Å². The zero-order valence-electron chi connectivity index (χ0n) is 12.5. The molecule has 0 spiro atoms. The number of ether oxygens (including phenoxy) is 1. The molecular formula is C16H26O3. The SMILES string of the molecule is CC1(C)CCC[C@]2(C)[C@H]3[C@H](O)C(=O)O[C@]3(C)CC[C@@H]12. The molecule has 1 N–H and O–H groups in total. The van der Waals surface area contributed by atoms with Gasteiger partial charge in [-0.05, 0) is 49.4 Å². The lowest BCUT2D eigenvalue weighted by molar-refractivity contribution is -0.165. The highest BCUT2D eigenvalue weighted by atomic mass is 16.6. The first-order chi connectivity index (χ1) is 8.71. The van der Waals surface area contributed by atoms with Gasteiger partial charge < -0.3 is 9.84 Å². The summed E-state index contributed by atoms with van der Waals surface area (Å²) in [6.45, 7) is 9.00. The van der Waals surface area contributed by atoms with Gasteiger partial charge in [-0.3, -0.25) is 0 Å². The Kier molecular flexibility index (Phi) is 2.65. The van der Waals surface area contributed by atoms with E-state index in [1.807, 2.05) is 6.92 Å². The van der Waals surface area contributed by atoms with Gasteiger partial charge in [0, 0.05) is 5.92 Å². The van der Waals surface area contributed by atoms with E-state index in [2.05, 4.69) is 20.8 Å². The van der Waals surface area contributed by atoms with Gasteiger partial charge >= 0.3 is 5.97 Å². The van der Waals surface area contributed by atoms with E-state index in [1.54, 1.807) is 0 Å². The molecule has 3 fully saturated rings. The molecule has 2 saturated carbocycles. The second-order valence-electron chi connectivity index (χ2n) is 8.10. The van der Waals surface area contributed by atoms with Gasteiger partial charge in [0.25, 0.3) is 0 Å². The molecule has 1 saturated heterocycles. The summed E-state index contributed by atoms with van der Waals surface area (Å²) in [7, 11) is 0. The largest absolute Gasteiger partial charge is 0.457 e. The molecule has 2 aliphatic carbocycles. The van der Waals surface area contributed by atoms with Gasteiger partial charge in [-0.25, -0.2) is 4.79 Å². The van der Waals surface area contributed by atoms with Crippen LogP contribution in [0.4, 0.5) is 0 Å². The first kappa shape index (κ1) is 13.4. The van der Waals surface area contributed by atoms with Crippen molar-refractivity contribution in [1.82, 2.24) is 0 Å². The number of aliphatic hydroxyl groups is 1. The maximum absolute atomic E-state index is 11.9. The molecule has 1 heterocycles. The molecule has 0 aromatic rings. The summed E-state index contributed by atoms with van der Waals surface area (Å²) in [5.41, 5.74) is -0.116. The molecular weight excluding hydrogens is 240 g/mol. The van der Waals surface area contributed by atoms with Crippen LogP contribution in [0.2, 0.25) is 0 Å². The number of aliphatic hydroxyl groups excluding tert-OH is 1. The van der Waals surface area contributed by atoms with Gasteiger partial charge in [0.1, 0.15) is 5.60 Å². The smallest absolute Gasteiger partial charge is 0.335 e. The fourth-order valence-corrected chi connectivity index (χ4v) is 5.78. The Morgan fingerprint density at radius 3 is 2.53 bits per heavy atom. The van der Waals surface area contributed by atoms with Crippen molar-refractivity contribution in [2.45, 2.75) is 71.5 Å². The third-order valence-electron chi connectivity index (χ3n) is 6.46. The Morgan fingerprint density at radius 1 is 1.16 bits per heavy atom. The standard InChI is InChI=1S/C16H26O3/c1-14(2)7-5-8-15(3)10(14)6-9-16(4)12(15)11(17)13(18)19-16/h10-12,17H,5-9H2,1-4H3/t10-,11-,12+,15-,16+/m0/s1. The van der Waals surface area contributed by atoms with Gasteiger partial charge in [0.2, 0.25) is 0 Å². The van der Waals surface area contributed by atoms with Crippen LogP contribution in [0, 0.1) is 22.7 Å². The van der Waals surface area contributed by atoms with Gasteiger partial charge in [-0.1, -0.05) is 27.2 Å². The Labute approximate surface area is 115 Å². The zero-order chi connectivity index (χ0) is 14.1. The molecule has 3 nitrogen and oxygen atoms in total. The molecule has 3 aliphatic rings. The van der Waals surface area contributed by atoms with Crippen molar-refractivity contribution in [2.75, 3.05) is 0 Å². The van der Waals surface area contributed by atoms with Crippen LogP contribution in [-0.4, -0.2) is 22.8 Å². The van der Waals surface area contributed by atoms with Gasteiger partial charge in [0.15, 0.2) is 6.10 Å². The Morgan fingerprint density at radius 2 is 1.84 bits per heavy atom. The Hall–Kier alpha value is -0.570. The summed E-state index contributed by atoms with van der Waals surface area (Å²) in [4.78, 5) is 11.9. The first-order valence-corrected chi connectivity index (χ1v) is 7.62. The predicted octanol–water partition coefficient (Wildman–Crippen LogP) is 2.91. The van der Waals surface area contributed by atoms with E-state index in [4.69, 9.17) is 4.74 Å². The highest BCUT2D eigenvalue weighted by Gasteiger charge is 2.66. The number of hydrogen-bond donors (Lipinski definition) is 1. The van der Waals surface area contributed by atoms with Crippen LogP contribution in [0.15, 0.2) is 0 Å². The molecule has 0 amide bonds. The molecule has 5 atom stereocenters. The van der Waals surface area contributed by atoms with Crippen LogP contribution < -0.4 is 0 Å². The van der Waals surface area contributed by atoms with Crippen molar-refractivity contribution in [3.63, 3.8) is 0 Å². The first-order valence-electron chi connectivity index (χ1n) is 7.62. The molecule has 0 unspecified atom stereocenters. The third kappa shape index (κ3) is 1.63. The van der Waals surface area contributed by atoms with E-state index in [0.717, 1.165) is 19.3 Å². The summed E-state index contributed by atoms with van der Waals surface area (Å²) < 4.78 is 5.56. The Balaban J connectivity index is 2.05.